The van der Waals surface area contributed by atoms with Gasteiger partial charge in [-0.15, -0.1) is 11.8 Å². The molecule has 1 heterocycles. The van der Waals surface area contributed by atoms with Gasteiger partial charge in [0.15, 0.2) is 6.61 Å². The lowest BCUT2D eigenvalue weighted by molar-refractivity contribution is -0.151. The van der Waals surface area contributed by atoms with Crippen LogP contribution in [0.3, 0.4) is 0 Å². The molecule has 30 heavy (non-hydrogen) atoms. The summed E-state index contributed by atoms with van der Waals surface area (Å²) in [7, 11) is 0. The Bertz CT molecular complexity index is 985. The fourth-order valence-electron chi connectivity index (χ4n) is 3.09. The topological polar surface area (TPSA) is 99.5 Å². The maximum Gasteiger partial charge on any atom is 0.311 e. The van der Waals surface area contributed by atoms with Crippen LogP contribution in [0, 0.1) is 24.2 Å². The van der Waals surface area contributed by atoms with Crippen LogP contribution in [0.5, 0.6) is 0 Å². The van der Waals surface area contributed by atoms with Gasteiger partial charge in [0, 0.05) is 23.5 Å². The summed E-state index contributed by atoms with van der Waals surface area (Å²) in [5, 5.41) is 11.4. The molecule has 7 nitrogen and oxygen atoms in total. The molecular weight excluding hydrogens is 402 g/mol. The van der Waals surface area contributed by atoms with Crippen molar-refractivity contribution in [2.75, 3.05) is 29.1 Å². The van der Waals surface area contributed by atoms with Crippen molar-refractivity contribution in [3.05, 3.63) is 54.1 Å². The highest BCUT2D eigenvalue weighted by molar-refractivity contribution is 7.99. The second-order valence-corrected chi connectivity index (χ2v) is 7.86. The molecule has 0 radical (unpaired) electrons. The molecule has 1 saturated heterocycles. The fraction of sp³-hybridized carbons (Fsp3) is 0.273. The van der Waals surface area contributed by atoms with E-state index >= 15 is 0 Å². The van der Waals surface area contributed by atoms with Gasteiger partial charge >= 0.3 is 5.97 Å². The number of para-hydroxylation sites is 1. The molecule has 154 valence electrons. The van der Waals surface area contributed by atoms with Gasteiger partial charge in [-0.1, -0.05) is 29.8 Å². The van der Waals surface area contributed by atoms with E-state index in [0.717, 1.165) is 16.1 Å². The van der Waals surface area contributed by atoms with Gasteiger partial charge in [-0.3, -0.25) is 14.4 Å². The first-order valence-electron chi connectivity index (χ1n) is 9.40. The first-order valence-corrected chi connectivity index (χ1v) is 10.4. The normalized spacial score (nSPS) is 15.5. The van der Waals surface area contributed by atoms with Crippen LogP contribution < -0.4 is 10.2 Å². The van der Waals surface area contributed by atoms with Crippen LogP contribution >= 0.6 is 11.8 Å². The maximum absolute atomic E-state index is 12.4. The minimum atomic E-state index is -0.606. The zero-order valence-corrected chi connectivity index (χ0v) is 17.3. The zero-order valence-electron chi connectivity index (χ0n) is 16.5. The molecule has 1 aliphatic heterocycles. The molecule has 8 heteroatoms. The van der Waals surface area contributed by atoms with Crippen molar-refractivity contribution in [3.63, 3.8) is 0 Å². The number of benzene rings is 2. The highest BCUT2D eigenvalue weighted by Gasteiger charge is 2.36. The van der Waals surface area contributed by atoms with Crippen LogP contribution in [-0.4, -0.2) is 36.7 Å². The van der Waals surface area contributed by atoms with E-state index in [1.165, 1.54) is 11.8 Å². The fourth-order valence-corrected chi connectivity index (χ4v) is 3.76. The third-order valence-electron chi connectivity index (χ3n) is 4.60. The van der Waals surface area contributed by atoms with Crippen LogP contribution in [0.1, 0.15) is 12.0 Å². The number of carbonyl (C=O) groups excluding carboxylic acids is 3. The van der Waals surface area contributed by atoms with Crippen LogP contribution in [0.4, 0.5) is 11.4 Å². The molecule has 2 aromatic rings. The van der Waals surface area contributed by atoms with Gasteiger partial charge in [0.25, 0.3) is 5.91 Å². The van der Waals surface area contributed by atoms with Crippen LogP contribution in [0.25, 0.3) is 0 Å². The Hall–Kier alpha value is -3.31. The van der Waals surface area contributed by atoms with Crippen molar-refractivity contribution < 1.29 is 19.1 Å². The Labute approximate surface area is 179 Å². The Kier molecular flexibility index (Phi) is 7.09. The summed E-state index contributed by atoms with van der Waals surface area (Å²) < 4.78 is 5.14. The van der Waals surface area contributed by atoms with Crippen LogP contribution in [0.2, 0.25) is 0 Å². The number of anilines is 2. The molecule has 0 saturated carbocycles. The van der Waals surface area contributed by atoms with E-state index in [0.29, 0.717) is 5.69 Å². The molecule has 0 bridgehead atoms. The first kappa shape index (κ1) is 21.4. The summed E-state index contributed by atoms with van der Waals surface area (Å²) in [6.45, 7) is 1.75. The molecule has 0 aliphatic carbocycles. The number of hydrogen-bond donors (Lipinski definition) is 1. The average molecular weight is 423 g/mol. The minimum Gasteiger partial charge on any atom is -0.455 e. The quantitative estimate of drug-likeness (QED) is 0.543. The van der Waals surface area contributed by atoms with E-state index in [9.17, 15) is 14.4 Å². The van der Waals surface area contributed by atoms with Gasteiger partial charge in [-0.25, -0.2) is 0 Å². The average Bonchev–Trinajstić information content (AvgIpc) is 3.13. The van der Waals surface area contributed by atoms with Crippen molar-refractivity contribution in [2.45, 2.75) is 18.2 Å². The van der Waals surface area contributed by atoms with Crippen molar-refractivity contribution in [1.82, 2.24) is 0 Å². The molecule has 2 aromatic carbocycles. The van der Waals surface area contributed by atoms with Gasteiger partial charge in [-0.05, 0) is 31.2 Å². The minimum absolute atomic E-state index is 0.0575. The van der Waals surface area contributed by atoms with E-state index in [1.54, 1.807) is 23.1 Å². The largest absolute Gasteiger partial charge is 0.455 e. The third kappa shape index (κ3) is 5.39. The number of ether oxygens (including phenoxy) is 1. The van der Waals surface area contributed by atoms with Crippen molar-refractivity contribution in [2.24, 2.45) is 5.92 Å². The Morgan fingerprint density at radius 2 is 1.97 bits per heavy atom. The molecule has 1 aliphatic rings. The van der Waals surface area contributed by atoms with E-state index in [1.807, 2.05) is 43.3 Å². The number of amides is 2. The number of nitriles is 1. The summed E-state index contributed by atoms with van der Waals surface area (Å²) in [6.07, 6.45) is 0.0575. The summed E-state index contributed by atoms with van der Waals surface area (Å²) in [5.74, 6) is -1.54. The second kappa shape index (κ2) is 9.94. The number of nitrogens with zero attached hydrogens (tertiary/aromatic N) is 2. The Balaban J connectivity index is 1.52. The van der Waals surface area contributed by atoms with E-state index in [2.05, 4.69) is 5.32 Å². The van der Waals surface area contributed by atoms with Gasteiger partial charge in [0.2, 0.25) is 5.91 Å². The Morgan fingerprint density at radius 3 is 2.70 bits per heavy atom. The number of esters is 1. The first-order chi connectivity index (χ1) is 14.5. The van der Waals surface area contributed by atoms with Crippen molar-refractivity contribution in [1.29, 1.82) is 5.26 Å². The summed E-state index contributed by atoms with van der Waals surface area (Å²) >= 11 is 1.31. The molecule has 1 atom stereocenters. The summed E-state index contributed by atoms with van der Waals surface area (Å²) in [6, 6.07) is 16.6. The zero-order chi connectivity index (χ0) is 21.5. The highest BCUT2D eigenvalue weighted by atomic mass is 32.2. The molecule has 1 unspecified atom stereocenters. The molecular formula is C22H21N3O4S. The lowest BCUT2D eigenvalue weighted by Gasteiger charge is -2.16. The van der Waals surface area contributed by atoms with Crippen molar-refractivity contribution >= 4 is 40.9 Å². The van der Waals surface area contributed by atoms with Crippen LogP contribution in [0.15, 0.2) is 53.4 Å². The predicted octanol–water partition coefficient (Wildman–Crippen LogP) is 3.15. The molecule has 0 spiro atoms. The van der Waals surface area contributed by atoms with E-state index in [-0.39, 0.29) is 24.6 Å². The maximum atomic E-state index is 12.4. The number of aryl methyl sites for hydroxylation is 1. The predicted molar refractivity (Wildman–Crippen MR) is 114 cm³/mol. The lowest BCUT2D eigenvalue weighted by atomic mass is 10.1. The number of carbonyl (C=O) groups is 3. The number of hydrogen-bond acceptors (Lipinski definition) is 6. The van der Waals surface area contributed by atoms with E-state index < -0.39 is 24.4 Å². The van der Waals surface area contributed by atoms with Crippen molar-refractivity contribution in [3.8, 4) is 6.07 Å². The summed E-state index contributed by atoms with van der Waals surface area (Å²) in [4.78, 5) is 39.2. The van der Waals surface area contributed by atoms with Gasteiger partial charge in [-0.2, -0.15) is 5.26 Å². The third-order valence-corrected chi connectivity index (χ3v) is 5.54. The molecule has 1 fully saturated rings. The molecule has 0 aromatic heterocycles. The number of nitrogens with one attached hydrogen (secondary N) is 1. The number of rotatable bonds is 7. The second-order valence-electron chi connectivity index (χ2n) is 6.84. The Morgan fingerprint density at radius 1 is 1.23 bits per heavy atom. The smallest absolute Gasteiger partial charge is 0.311 e. The lowest BCUT2D eigenvalue weighted by Crippen LogP contribution is -2.28. The van der Waals surface area contributed by atoms with Gasteiger partial charge in [0.1, 0.15) is 0 Å². The number of thioether (sulfide) groups is 1. The van der Waals surface area contributed by atoms with Gasteiger partial charge in [0.05, 0.1) is 23.4 Å². The SMILES string of the molecule is Cc1ccc(N2CC(C(=O)OCC(=O)Nc3ccccc3SCC#N)CC2=O)cc1. The molecule has 1 N–H and O–H groups in total. The van der Waals surface area contributed by atoms with E-state index in [4.69, 9.17) is 10.00 Å². The van der Waals surface area contributed by atoms with Crippen LogP contribution in [-0.2, 0) is 19.1 Å². The monoisotopic (exact) mass is 423 g/mol. The standard InChI is InChI=1S/C22H21N3O4S/c1-15-6-8-17(9-7-15)25-13-16(12-21(25)27)22(28)29-14-20(26)24-18-4-2-3-5-19(18)30-11-10-23/h2-9,16H,11-14H2,1H3,(H,24,26). The highest BCUT2D eigenvalue weighted by Crippen LogP contribution is 2.27. The summed E-state index contributed by atoms with van der Waals surface area (Å²) in [5.41, 5.74) is 2.38. The molecule has 3 rings (SSSR count). The molecule has 2 amide bonds. The van der Waals surface area contributed by atoms with Gasteiger partial charge < -0.3 is 15.0 Å².